The van der Waals surface area contributed by atoms with Gasteiger partial charge in [-0.05, 0) is 55.0 Å². The van der Waals surface area contributed by atoms with E-state index in [-0.39, 0.29) is 11.1 Å². The van der Waals surface area contributed by atoms with Crippen LogP contribution in [0.15, 0.2) is 54.1 Å². The molecule has 0 bridgehead atoms. The van der Waals surface area contributed by atoms with Crippen LogP contribution >= 0.6 is 0 Å². The van der Waals surface area contributed by atoms with Crippen LogP contribution in [0, 0.1) is 17.1 Å². The lowest BCUT2D eigenvalue weighted by Gasteiger charge is -2.12. The molecule has 2 rings (SSSR count). The quantitative estimate of drug-likeness (QED) is 0.343. The Balaban J connectivity index is 2.10. The molecule has 2 aromatic rings. The second-order valence-corrected chi connectivity index (χ2v) is 5.36. The zero-order valence-electron chi connectivity index (χ0n) is 14.2. The summed E-state index contributed by atoms with van der Waals surface area (Å²) in [6.45, 7) is 1.39. The number of methoxy groups -OCH3 is 1. The van der Waals surface area contributed by atoms with Crippen molar-refractivity contribution >= 4 is 17.8 Å². The normalized spacial score (nSPS) is 12.0. The van der Waals surface area contributed by atoms with E-state index in [1.807, 2.05) is 0 Å². The molecule has 0 radical (unpaired) electrons. The largest absolute Gasteiger partial charge is 0.497 e. The van der Waals surface area contributed by atoms with Gasteiger partial charge in [-0.25, -0.2) is 9.18 Å². The fourth-order valence-electron chi connectivity index (χ4n) is 2.13. The van der Waals surface area contributed by atoms with Gasteiger partial charge in [0.2, 0.25) is 5.78 Å². The molecular formula is C20H16FNO4. The lowest BCUT2D eigenvalue weighted by Crippen LogP contribution is -2.25. The Morgan fingerprint density at radius 1 is 1.12 bits per heavy atom. The van der Waals surface area contributed by atoms with Crippen LogP contribution in [0.2, 0.25) is 0 Å². The van der Waals surface area contributed by atoms with E-state index in [1.54, 1.807) is 30.3 Å². The van der Waals surface area contributed by atoms with E-state index in [9.17, 15) is 19.2 Å². The third-order valence-electron chi connectivity index (χ3n) is 3.55. The van der Waals surface area contributed by atoms with Crippen LogP contribution in [0.5, 0.6) is 5.75 Å². The molecule has 0 saturated carbocycles. The van der Waals surface area contributed by atoms with Gasteiger partial charge in [0.05, 0.1) is 7.11 Å². The zero-order chi connectivity index (χ0) is 19.1. The Bertz CT molecular complexity index is 864. The molecule has 0 aliphatic carbocycles. The first-order valence-corrected chi connectivity index (χ1v) is 7.71. The number of ketones is 1. The van der Waals surface area contributed by atoms with Crippen LogP contribution in [0.1, 0.15) is 22.8 Å². The molecule has 0 saturated heterocycles. The van der Waals surface area contributed by atoms with Crippen molar-refractivity contribution in [3.63, 3.8) is 0 Å². The standard InChI is InChI=1S/C20H16FNO4/c1-13(19(23)15-5-7-17(21)8-6-15)26-20(24)16(12-22)11-14-3-9-18(25-2)10-4-14/h3-11,13H,1-2H3/b16-11+/t13-/m1/s1. The predicted octanol–water partition coefficient (Wildman–Crippen LogP) is 3.56. The predicted molar refractivity (Wildman–Crippen MR) is 92.9 cm³/mol. The first-order valence-electron chi connectivity index (χ1n) is 7.71. The molecule has 0 unspecified atom stereocenters. The van der Waals surface area contributed by atoms with Gasteiger partial charge in [0.15, 0.2) is 6.10 Å². The van der Waals surface area contributed by atoms with Crippen molar-refractivity contribution in [2.45, 2.75) is 13.0 Å². The molecular weight excluding hydrogens is 337 g/mol. The molecule has 0 heterocycles. The first-order chi connectivity index (χ1) is 12.4. The molecule has 2 aromatic carbocycles. The summed E-state index contributed by atoms with van der Waals surface area (Å²) in [6.07, 6.45) is 0.247. The van der Waals surface area contributed by atoms with E-state index in [1.165, 1.54) is 32.2 Å². The Labute approximate surface area is 150 Å². The van der Waals surface area contributed by atoms with Crippen LogP contribution in [-0.2, 0) is 9.53 Å². The van der Waals surface area contributed by atoms with Crippen molar-refractivity contribution < 1.29 is 23.5 Å². The van der Waals surface area contributed by atoms with Crippen molar-refractivity contribution in [1.29, 1.82) is 5.26 Å². The molecule has 1 atom stereocenters. The molecule has 5 nitrogen and oxygen atoms in total. The highest BCUT2D eigenvalue weighted by atomic mass is 19.1. The highest BCUT2D eigenvalue weighted by Gasteiger charge is 2.21. The van der Waals surface area contributed by atoms with Gasteiger partial charge >= 0.3 is 5.97 Å². The Kier molecular flexibility index (Phi) is 6.23. The van der Waals surface area contributed by atoms with Crippen LogP contribution in [0.3, 0.4) is 0 Å². The summed E-state index contributed by atoms with van der Waals surface area (Å²) in [5.41, 5.74) is 0.579. The van der Waals surface area contributed by atoms with Crippen molar-refractivity contribution in [2.24, 2.45) is 0 Å². The summed E-state index contributed by atoms with van der Waals surface area (Å²) in [7, 11) is 1.53. The topological polar surface area (TPSA) is 76.4 Å². The van der Waals surface area contributed by atoms with E-state index in [0.29, 0.717) is 11.3 Å². The fourth-order valence-corrected chi connectivity index (χ4v) is 2.13. The molecule has 0 N–H and O–H groups in total. The maximum absolute atomic E-state index is 12.9. The summed E-state index contributed by atoms with van der Waals surface area (Å²) >= 11 is 0. The SMILES string of the molecule is COc1ccc(/C=C(\C#N)C(=O)O[C@H](C)C(=O)c2ccc(F)cc2)cc1. The highest BCUT2D eigenvalue weighted by Crippen LogP contribution is 2.15. The Hall–Kier alpha value is -3.46. The summed E-state index contributed by atoms with van der Waals surface area (Å²) in [5.74, 6) is -1.23. The van der Waals surface area contributed by atoms with Crippen LogP contribution < -0.4 is 4.74 Å². The molecule has 6 heteroatoms. The maximum Gasteiger partial charge on any atom is 0.349 e. The molecule has 0 aliphatic heterocycles. The van der Waals surface area contributed by atoms with Gasteiger partial charge in [-0.3, -0.25) is 4.79 Å². The number of hydrogen-bond acceptors (Lipinski definition) is 5. The van der Waals surface area contributed by atoms with Gasteiger partial charge in [0.25, 0.3) is 0 Å². The number of rotatable bonds is 6. The molecule has 0 amide bonds. The number of nitriles is 1. The van der Waals surface area contributed by atoms with Crippen molar-refractivity contribution in [3.05, 3.63) is 71.0 Å². The van der Waals surface area contributed by atoms with Gasteiger partial charge in [0, 0.05) is 5.56 Å². The van der Waals surface area contributed by atoms with Gasteiger partial charge in [-0.15, -0.1) is 0 Å². The Morgan fingerprint density at radius 2 is 1.73 bits per heavy atom. The van der Waals surface area contributed by atoms with E-state index in [4.69, 9.17) is 9.47 Å². The van der Waals surface area contributed by atoms with Gasteiger partial charge in [-0.2, -0.15) is 5.26 Å². The average molecular weight is 353 g/mol. The summed E-state index contributed by atoms with van der Waals surface area (Å²) in [5, 5.41) is 9.19. The zero-order valence-corrected chi connectivity index (χ0v) is 14.2. The van der Waals surface area contributed by atoms with Crippen LogP contribution in [0.4, 0.5) is 4.39 Å². The number of carbonyl (C=O) groups excluding carboxylic acids is 2. The average Bonchev–Trinajstić information content (AvgIpc) is 2.66. The van der Waals surface area contributed by atoms with Crippen molar-refractivity contribution in [1.82, 2.24) is 0 Å². The van der Waals surface area contributed by atoms with Crippen molar-refractivity contribution in [2.75, 3.05) is 7.11 Å². The van der Waals surface area contributed by atoms with Crippen molar-refractivity contribution in [3.8, 4) is 11.8 Å². The lowest BCUT2D eigenvalue weighted by atomic mass is 10.1. The van der Waals surface area contributed by atoms with E-state index >= 15 is 0 Å². The third-order valence-corrected chi connectivity index (χ3v) is 3.55. The smallest absolute Gasteiger partial charge is 0.349 e. The molecule has 0 aliphatic rings. The minimum absolute atomic E-state index is 0.212. The van der Waals surface area contributed by atoms with Crippen LogP contribution in [-0.4, -0.2) is 25.0 Å². The minimum atomic E-state index is -1.11. The van der Waals surface area contributed by atoms with E-state index < -0.39 is 23.7 Å². The molecule has 0 aromatic heterocycles. The van der Waals surface area contributed by atoms with Gasteiger partial charge in [-0.1, -0.05) is 12.1 Å². The summed E-state index contributed by atoms with van der Waals surface area (Å²) in [4.78, 5) is 24.4. The molecule has 26 heavy (non-hydrogen) atoms. The monoisotopic (exact) mass is 353 g/mol. The second kappa shape index (κ2) is 8.58. The number of esters is 1. The summed E-state index contributed by atoms with van der Waals surface area (Å²) < 4.78 is 23.0. The minimum Gasteiger partial charge on any atom is -0.497 e. The number of Topliss-reactive ketones (excluding diaryl/α,β-unsaturated/α-hetero) is 1. The number of benzene rings is 2. The number of carbonyl (C=O) groups is 2. The Morgan fingerprint density at radius 3 is 2.27 bits per heavy atom. The van der Waals surface area contributed by atoms with E-state index in [0.717, 1.165) is 12.1 Å². The number of nitrogens with zero attached hydrogens (tertiary/aromatic N) is 1. The highest BCUT2D eigenvalue weighted by molar-refractivity contribution is 6.03. The summed E-state index contributed by atoms with van der Waals surface area (Å²) in [6, 6.07) is 13.4. The number of hydrogen-bond donors (Lipinski definition) is 0. The van der Waals surface area contributed by atoms with Gasteiger partial charge < -0.3 is 9.47 Å². The lowest BCUT2D eigenvalue weighted by molar-refractivity contribution is -0.141. The van der Waals surface area contributed by atoms with E-state index in [2.05, 4.69) is 0 Å². The van der Waals surface area contributed by atoms with Crippen LogP contribution in [0.25, 0.3) is 6.08 Å². The molecule has 0 spiro atoms. The van der Waals surface area contributed by atoms with Gasteiger partial charge in [0.1, 0.15) is 23.2 Å². The number of ether oxygens (including phenoxy) is 2. The third kappa shape index (κ3) is 4.77. The molecule has 0 fully saturated rings. The maximum atomic E-state index is 12.9. The molecule has 132 valence electrons. The fraction of sp³-hybridized carbons (Fsp3) is 0.150. The first kappa shape index (κ1) is 18.9. The number of halogens is 1. The second-order valence-electron chi connectivity index (χ2n) is 5.36.